The van der Waals surface area contributed by atoms with E-state index in [4.69, 9.17) is 9.47 Å². The third kappa shape index (κ3) is 5.23. The lowest BCUT2D eigenvalue weighted by Gasteiger charge is -2.28. The molecule has 2 saturated carbocycles. The van der Waals surface area contributed by atoms with Crippen LogP contribution in [0.1, 0.15) is 37.5 Å². The number of ether oxygens (including phenoxy) is 2. The number of imide groups is 1. The van der Waals surface area contributed by atoms with Crippen LogP contribution in [0, 0.1) is 33.8 Å². The van der Waals surface area contributed by atoms with Crippen molar-refractivity contribution in [2.45, 2.75) is 16.1 Å². The number of hydrogen-bond donors (Lipinski definition) is 0. The van der Waals surface area contributed by atoms with Crippen molar-refractivity contribution >= 4 is 72.8 Å². The molecule has 224 valence electrons. The van der Waals surface area contributed by atoms with E-state index in [-0.39, 0.29) is 73.3 Å². The summed E-state index contributed by atoms with van der Waals surface area (Å²) in [6.45, 7) is -0.542. The molecule has 0 spiro atoms. The van der Waals surface area contributed by atoms with Gasteiger partial charge >= 0.3 is 11.9 Å². The standard InChI is InChI=1S/C31H22Br2N2O9/c32-26-21-13-22(27(26)33)25-24(21)28(37)34(29(25)38)18-7-1-16(2-8-18)30(39)43-14-23(36)15-5-11-20(12-6-15)44-31(40)17-3-9-19(10-4-17)35(41)42/h1-12,21-22,24-27H,13-14H2. The second kappa shape index (κ2) is 11.7. The monoisotopic (exact) mass is 724 g/mol. The zero-order valence-electron chi connectivity index (χ0n) is 22.6. The van der Waals surface area contributed by atoms with Gasteiger partial charge in [-0.1, -0.05) is 31.9 Å². The first-order chi connectivity index (χ1) is 21.0. The van der Waals surface area contributed by atoms with E-state index in [0.29, 0.717) is 5.69 Å². The highest BCUT2D eigenvalue weighted by molar-refractivity contribution is 9.12. The number of amides is 2. The minimum atomic E-state index is -0.753. The van der Waals surface area contributed by atoms with Crippen LogP contribution in [-0.4, -0.2) is 50.7 Å². The van der Waals surface area contributed by atoms with Crippen molar-refractivity contribution in [3.8, 4) is 5.75 Å². The maximum absolute atomic E-state index is 13.2. The van der Waals surface area contributed by atoms with Gasteiger partial charge in [0, 0.05) is 27.4 Å². The van der Waals surface area contributed by atoms with E-state index in [0.717, 1.165) is 6.42 Å². The number of esters is 2. The number of non-ortho nitro benzene ring substituents is 1. The van der Waals surface area contributed by atoms with Crippen molar-refractivity contribution in [1.82, 2.24) is 0 Å². The number of hydrogen-bond acceptors (Lipinski definition) is 9. The molecule has 44 heavy (non-hydrogen) atoms. The molecule has 2 bridgehead atoms. The Morgan fingerprint density at radius 2 is 1.27 bits per heavy atom. The highest BCUT2D eigenvalue weighted by Crippen LogP contribution is 2.60. The molecular formula is C31H22Br2N2O9. The largest absolute Gasteiger partial charge is 0.454 e. The molecule has 1 heterocycles. The van der Waals surface area contributed by atoms with Gasteiger partial charge in [-0.15, -0.1) is 0 Å². The van der Waals surface area contributed by atoms with Crippen molar-refractivity contribution < 1.29 is 38.4 Å². The average Bonchev–Trinajstić information content (AvgIpc) is 3.64. The van der Waals surface area contributed by atoms with Gasteiger partial charge in [-0.25, -0.2) is 9.59 Å². The third-order valence-corrected chi connectivity index (χ3v) is 11.6. The molecule has 6 unspecified atom stereocenters. The van der Waals surface area contributed by atoms with Gasteiger partial charge in [0.25, 0.3) is 5.69 Å². The van der Waals surface area contributed by atoms with Gasteiger partial charge in [0.1, 0.15) is 5.75 Å². The quantitative estimate of drug-likeness (QED) is 0.0585. The van der Waals surface area contributed by atoms with Crippen LogP contribution < -0.4 is 9.64 Å². The molecule has 1 aliphatic heterocycles. The molecule has 3 fully saturated rings. The Bertz CT molecular complexity index is 1660. The minimum absolute atomic E-state index is 0.0938. The lowest BCUT2D eigenvalue weighted by molar-refractivity contribution is -0.384. The number of fused-ring (bicyclic) bond motifs is 5. The van der Waals surface area contributed by atoms with Crippen molar-refractivity contribution in [1.29, 1.82) is 0 Å². The number of nitro groups is 1. The Hall–Kier alpha value is -4.23. The summed E-state index contributed by atoms with van der Waals surface area (Å²) in [4.78, 5) is 75.6. The van der Waals surface area contributed by atoms with Gasteiger partial charge in [0.05, 0.1) is 33.6 Å². The number of carbonyl (C=O) groups excluding carboxylic acids is 5. The SMILES string of the molecule is O=C(COC(=O)c1ccc(N2C(=O)C3C4CC(C(Br)C4Br)C3C2=O)cc1)c1ccc(OC(=O)c2ccc([N+](=O)[O-])cc2)cc1. The van der Waals surface area contributed by atoms with Crippen LogP contribution in [0.5, 0.6) is 5.75 Å². The summed E-state index contributed by atoms with van der Waals surface area (Å²) < 4.78 is 10.4. The average molecular weight is 726 g/mol. The Balaban J connectivity index is 1.03. The number of ketones is 1. The fourth-order valence-corrected chi connectivity index (χ4v) is 8.12. The summed E-state index contributed by atoms with van der Waals surface area (Å²) in [5.74, 6) is -2.78. The maximum atomic E-state index is 13.2. The van der Waals surface area contributed by atoms with Gasteiger partial charge in [0.15, 0.2) is 12.4 Å². The second-order valence-corrected chi connectivity index (χ2v) is 12.9. The molecule has 2 amide bonds. The molecule has 11 nitrogen and oxygen atoms in total. The molecule has 6 atom stereocenters. The topological polar surface area (TPSA) is 150 Å². The van der Waals surface area contributed by atoms with E-state index < -0.39 is 29.3 Å². The molecule has 3 aromatic rings. The van der Waals surface area contributed by atoms with Gasteiger partial charge in [-0.3, -0.25) is 29.4 Å². The first kappa shape index (κ1) is 29.8. The first-order valence-corrected chi connectivity index (χ1v) is 15.4. The number of alkyl halides is 2. The number of carbonyl (C=O) groups is 5. The van der Waals surface area contributed by atoms with Crippen molar-refractivity contribution in [2.75, 3.05) is 11.5 Å². The summed E-state index contributed by atoms with van der Waals surface area (Å²) in [5, 5.41) is 10.8. The van der Waals surface area contributed by atoms with Crippen LogP contribution in [-0.2, 0) is 14.3 Å². The van der Waals surface area contributed by atoms with E-state index in [1.165, 1.54) is 77.7 Å². The first-order valence-electron chi connectivity index (χ1n) is 13.6. The third-order valence-electron chi connectivity index (χ3n) is 8.38. The Morgan fingerprint density at radius 1 is 0.773 bits per heavy atom. The van der Waals surface area contributed by atoms with Gasteiger partial charge in [-0.05, 0) is 78.9 Å². The zero-order chi connectivity index (χ0) is 31.3. The second-order valence-electron chi connectivity index (χ2n) is 10.8. The normalized spacial score (nSPS) is 25.1. The molecule has 3 aromatic carbocycles. The number of nitro benzene ring substituents is 1. The number of Topliss-reactive ketones (excluding diaryl/α,β-unsaturated/α-hetero) is 1. The van der Waals surface area contributed by atoms with E-state index in [1.807, 2.05) is 0 Å². The molecule has 13 heteroatoms. The predicted molar refractivity (Wildman–Crippen MR) is 162 cm³/mol. The van der Waals surface area contributed by atoms with Crippen molar-refractivity contribution in [3.05, 3.63) is 99.6 Å². The Labute approximate surface area is 266 Å². The van der Waals surface area contributed by atoms with E-state index >= 15 is 0 Å². The van der Waals surface area contributed by atoms with Crippen LogP contribution in [0.2, 0.25) is 0 Å². The summed E-state index contributed by atoms with van der Waals surface area (Å²) in [7, 11) is 0. The van der Waals surface area contributed by atoms with Crippen molar-refractivity contribution in [3.63, 3.8) is 0 Å². The molecule has 0 aromatic heterocycles. The number of nitrogens with zero attached hydrogens (tertiary/aromatic N) is 2. The number of benzene rings is 3. The minimum Gasteiger partial charge on any atom is -0.454 e. The van der Waals surface area contributed by atoms with Gasteiger partial charge in [-0.2, -0.15) is 0 Å². The highest BCUT2D eigenvalue weighted by atomic mass is 79.9. The summed E-state index contributed by atoms with van der Waals surface area (Å²) in [6, 6.07) is 16.5. The Kier molecular flexibility index (Phi) is 7.93. The van der Waals surface area contributed by atoms with Crippen LogP contribution >= 0.6 is 31.9 Å². The van der Waals surface area contributed by atoms with Crippen LogP contribution in [0.15, 0.2) is 72.8 Å². The molecule has 6 rings (SSSR count). The summed E-state index contributed by atoms with van der Waals surface area (Å²) >= 11 is 7.35. The van der Waals surface area contributed by atoms with E-state index in [9.17, 15) is 34.1 Å². The smallest absolute Gasteiger partial charge is 0.343 e. The van der Waals surface area contributed by atoms with Gasteiger partial charge < -0.3 is 9.47 Å². The molecule has 3 aliphatic rings. The lowest BCUT2D eigenvalue weighted by atomic mass is 9.81. The highest BCUT2D eigenvalue weighted by Gasteiger charge is 2.66. The Morgan fingerprint density at radius 3 is 1.82 bits per heavy atom. The van der Waals surface area contributed by atoms with Crippen LogP contribution in [0.25, 0.3) is 0 Å². The van der Waals surface area contributed by atoms with Crippen LogP contribution in [0.3, 0.4) is 0 Å². The predicted octanol–water partition coefficient (Wildman–Crippen LogP) is 5.14. The molecule has 2 aliphatic carbocycles. The van der Waals surface area contributed by atoms with Gasteiger partial charge in [0.2, 0.25) is 11.8 Å². The molecule has 0 radical (unpaired) electrons. The summed E-state index contributed by atoms with van der Waals surface area (Å²) in [5.41, 5.74) is 0.699. The van der Waals surface area contributed by atoms with Crippen molar-refractivity contribution in [2.24, 2.45) is 23.7 Å². The number of halogens is 2. The lowest BCUT2D eigenvalue weighted by Crippen LogP contribution is -2.37. The maximum Gasteiger partial charge on any atom is 0.343 e. The fraction of sp³-hybridized carbons (Fsp3) is 0.258. The number of rotatable bonds is 8. The fourth-order valence-electron chi connectivity index (χ4n) is 6.24. The summed E-state index contributed by atoms with van der Waals surface area (Å²) in [6.07, 6.45) is 0.831. The van der Waals surface area contributed by atoms with E-state index in [2.05, 4.69) is 31.9 Å². The zero-order valence-corrected chi connectivity index (χ0v) is 25.8. The number of anilines is 1. The van der Waals surface area contributed by atoms with Crippen LogP contribution in [0.4, 0.5) is 11.4 Å². The molecule has 0 N–H and O–H groups in total. The molecular weight excluding hydrogens is 704 g/mol. The van der Waals surface area contributed by atoms with E-state index in [1.54, 1.807) is 0 Å². The molecule has 1 saturated heterocycles.